The maximum absolute atomic E-state index is 9.44. The Kier molecular flexibility index (Phi) is 5.61. The van der Waals surface area contributed by atoms with E-state index in [1.54, 1.807) is 6.08 Å². The molecule has 88 valence electrons. The van der Waals surface area contributed by atoms with E-state index in [4.69, 9.17) is 10.5 Å². The van der Waals surface area contributed by atoms with Crippen LogP contribution in [0.15, 0.2) is 36.9 Å². The maximum atomic E-state index is 9.44. The van der Waals surface area contributed by atoms with E-state index in [2.05, 4.69) is 6.58 Å². The summed E-state index contributed by atoms with van der Waals surface area (Å²) in [6, 6.07) is 7.77. The molecule has 0 fully saturated rings. The van der Waals surface area contributed by atoms with Gasteiger partial charge in [-0.15, -0.1) is 6.58 Å². The SMILES string of the molecule is C=CCC(O)COc1ccc(CCN)cc1. The number of ether oxygens (including phenoxy) is 1. The van der Waals surface area contributed by atoms with Gasteiger partial charge in [-0.05, 0) is 37.1 Å². The van der Waals surface area contributed by atoms with Crippen LogP contribution >= 0.6 is 0 Å². The van der Waals surface area contributed by atoms with E-state index in [1.165, 1.54) is 5.56 Å². The van der Waals surface area contributed by atoms with Crippen LogP contribution in [-0.4, -0.2) is 24.4 Å². The maximum Gasteiger partial charge on any atom is 0.119 e. The Bertz CT molecular complexity index is 308. The van der Waals surface area contributed by atoms with E-state index >= 15 is 0 Å². The molecule has 0 saturated carbocycles. The molecule has 0 aliphatic heterocycles. The lowest BCUT2D eigenvalue weighted by Crippen LogP contribution is -2.16. The number of hydrogen-bond donors (Lipinski definition) is 2. The average Bonchev–Trinajstić information content (AvgIpc) is 2.29. The van der Waals surface area contributed by atoms with Gasteiger partial charge in [0.15, 0.2) is 0 Å². The molecular weight excluding hydrogens is 202 g/mol. The summed E-state index contributed by atoms with van der Waals surface area (Å²) < 4.78 is 5.42. The predicted octanol–water partition coefficient (Wildman–Crippen LogP) is 1.50. The van der Waals surface area contributed by atoms with E-state index in [0.29, 0.717) is 19.6 Å². The van der Waals surface area contributed by atoms with Crippen molar-refractivity contribution >= 4 is 0 Å². The van der Waals surface area contributed by atoms with Crippen LogP contribution in [0, 0.1) is 0 Å². The van der Waals surface area contributed by atoms with Gasteiger partial charge >= 0.3 is 0 Å². The molecule has 1 unspecified atom stereocenters. The van der Waals surface area contributed by atoms with Gasteiger partial charge < -0.3 is 15.6 Å². The summed E-state index contributed by atoms with van der Waals surface area (Å²) in [4.78, 5) is 0. The molecule has 0 aliphatic rings. The van der Waals surface area contributed by atoms with E-state index in [1.807, 2.05) is 24.3 Å². The minimum absolute atomic E-state index is 0.294. The number of aliphatic hydroxyl groups excluding tert-OH is 1. The van der Waals surface area contributed by atoms with Crippen LogP contribution < -0.4 is 10.5 Å². The number of rotatable bonds is 7. The van der Waals surface area contributed by atoms with Gasteiger partial charge in [-0.25, -0.2) is 0 Å². The predicted molar refractivity (Wildman–Crippen MR) is 65.5 cm³/mol. The molecule has 3 N–H and O–H groups in total. The first-order valence-corrected chi connectivity index (χ1v) is 5.47. The van der Waals surface area contributed by atoms with Crippen LogP contribution in [0.25, 0.3) is 0 Å². The summed E-state index contributed by atoms with van der Waals surface area (Å²) in [5, 5.41) is 9.44. The molecular formula is C13H19NO2. The Morgan fingerprint density at radius 2 is 2.06 bits per heavy atom. The lowest BCUT2D eigenvalue weighted by Gasteiger charge is -2.10. The van der Waals surface area contributed by atoms with Crippen molar-refractivity contribution in [3.05, 3.63) is 42.5 Å². The van der Waals surface area contributed by atoms with Gasteiger partial charge in [0.05, 0.1) is 6.10 Å². The van der Waals surface area contributed by atoms with Crippen molar-refractivity contribution in [3.8, 4) is 5.75 Å². The van der Waals surface area contributed by atoms with Crippen LogP contribution in [0.4, 0.5) is 0 Å². The van der Waals surface area contributed by atoms with Crippen molar-refractivity contribution in [1.82, 2.24) is 0 Å². The van der Waals surface area contributed by atoms with Gasteiger partial charge in [0.1, 0.15) is 12.4 Å². The summed E-state index contributed by atoms with van der Waals surface area (Å²) >= 11 is 0. The third-order valence-electron chi connectivity index (χ3n) is 2.24. The van der Waals surface area contributed by atoms with Crippen LogP contribution in [0.2, 0.25) is 0 Å². The normalized spacial score (nSPS) is 12.1. The highest BCUT2D eigenvalue weighted by Crippen LogP contribution is 2.12. The standard InChI is InChI=1S/C13H19NO2/c1-2-3-12(15)10-16-13-6-4-11(5-7-13)8-9-14/h2,4-7,12,15H,1,3,8-10,14H2. The molecule has 0 aromatic heterocycles. The summed E-state index contributed by atoms with van der Waals surface area (Å²) in [7, 11) is 0. The fourth-order valence-electron chi connectivity index (χ4n) is 1.37. The van der Waals surface area contributed by atoms with E-state index in [-0.39, 0.29) is 0 Å². The number of hydrogen-bond acceptors (Lipinski definition) is 3. The molecule has 1 atom stereocenters. The third-order valence-corrected chi connectivity index (χ3v) is 2.24. The van der Waals surface area contributed by atoms with Crippen LogP contribution in [0.3, 0.4) is 0 Å². The zero-order chi connectivity index (χ0) is 11.8. The molecule has 1 aromatic rings. The first-order valence-electron chi connectivity index (χ1n) is 5.47. The summed E-state index contributed by atoms with van der Waals surface area (Å²) in [6.07, 6.45) is 2.62. The Hall–Kier alpha value is -1.32. The van der Waals surface area contributed by atoms with Crippen LogP contribution in [0.5, 0.6) is 5.75 Å². The topological polar surface area (TPSA) is 55.5 Å². The molecule has 3 heteroatoms. The molecule has 0 heterocycles. The van der Waals surface area contributed by atoms with Crippen molar-refractivity contribution in [2.75, 3.05) is 13.2 Å². The van der Waals surface area contributed by atoms with Crippen molar-refractivity contribution in [2.24, 2.45) is 5.73 Å². The molecule has 16 heavy (non-hydrogen) atoms. The summed E-state index contributed by atoms with van der Waals surface area (Å²) in [5.41, 5.74) is 6.65. The summed E-state index contributed by atoms with van der Waals surface area (Å²) in [5.74, 6) is 0.767. The van der Waals surface area contributed by atoms with Crippen LogP contribution in [-0.2, 0) is 6.42 Å². The second-order valence-electron chi connectivity index (χ2n) is 3.67. The Morgan fingerprint density at radius 3 is 2.62 bits per heavy atom. The van der Waals surface area contributed by atoms with Gasteiger partial charge in [0, 0.05) is 0 Å². The lowest BCUT2D eigenvalue weighted by molar-refractivity contribution is 0.110. The Morgan fingerprint density at radius 1 is 1.38 bits per heavy atom. The number of nitrogens with two attached hydrogens (primary N) is 1. The van der Waals surface area contributed by atoms with Gasteiger partial charge in [-0.3, -0.25) is 0 Å². The van der Waals surface area contributed by atoms with Gasteiger partial charge in [0.2, 0.25) is 0 Å². The third kappa shape index (κ3) is 4.47. The van der Waals surface area contributed by atoms with Crippen molar-refractivity contribution in [2.45, 2.75) is 18.9 Å². The Balaban J connectivity index is 2.39. The quantitative estimate of drug-likeness (QED) is 0.686. The minimum Gasteiger partial charge on any atom is -0.491 e. The van der Waals surface area contributed by atoms with Crippen LogP contribution in [0.1, 0.15) is 12.0 Å². The zero-order valence-electron chi connectivity index (χ0n) is 9.43. The highest BCUT2D eigenvalue weighted by atomic mass is 16.5. The average molecular weight is 221 g/mol. The minimum atomic E-state index is -0.485. The Labute approximate surface area is 96.5 Å². The largest absolute Gasteiger partial charge is 0.491 e. The lowest BCUT2D eigenvalue weighted by atomic mass is 10.1. The second-order valence-corrected chi connectivity index (χ2v) is 3.67. The molecule has 1 rings (SSSR count). The molecule has 0 aliphatic carbocycles. The highest BCUT2D eigenvalue weighted by molar-refractivity contribution is 5.27. The van der Waals surface area contributed by atoms with Gasteiger partial charge in [-0.1, -0.05) is 18.2 Å². The first kappa shape index (κ1) is 12.7. The summed E-state index contributed by atoms with van der Waals surface area (Å²) in [6.45, 7) is 4.51. The number of aliphatic hydroxyl groups is 1. The monoisotopic (exact) mass is 221 g/mol. The molecule has 0 bridgehead atoms. The van der Waals surface area contributed by atoms with Crippen molar-refractivity contribution in [3.63, 3.8) is 0 Å². The fourth-order valence-corrected chi connectivity index (χ4v) is 1.37. The number of benzene rings is 1. The van der Waals surface area contributed by atoms with Gasteiger partial charge in [-0.2, -0.15) is 0 Å². The van der Waals surface area contributed by atoms with Crippen molar-refractivity contribution in [1.29, 1.82) is 0 Å². The molecule has 0 spiro atoms. The van der Waals surface area contributed by atoms with E-state index < -0.39 is 6.10 Å². The molecule has 0 radical (unpaired) electrons. The first-order chi connectivity index (χ1) is 7.76. The molecule has 0 saturated heterocycles. The second kappa shape index (κ2) is 7.04. The zero-order valence-corrected chi connectivity index (χ0v) is 9.43. The van der Waals surface area contributed by atoms with Crippen molar-refractivity contribution < 1.29 is 9.84 Å². The highest BCUT2D eigenvalue weighted by Gasteiger charge is 2.02. The molecule has 1 aromatic carbocycles. The van der Waals surface area contributed by atoms with Gasteiger partial charge in [0.25, 0.3) is 0 Å². The van der Waals surface area contributed by atoms with E-state index in [9.17, 15) is 5.11 Å². The molecule has 0 amide bonds. The smallest absolute Gasteiger partial charge is 0.119 e. The van der Waals surface area contributed by atoms with E-state index in [0.717, 1.165) is 12.2 Å². The fraction of sp³-hybridized carbons (Fsp3) is 0.385. The molecule has 3 nitrogen and oxygen atoms in total.